The lowest BCUT2D eigenvalue weighted by atomic mass is 10.0. The van der Waals surface area contributed by atoms with E-state index in [1.165, 1.54) is 11.3 Å². The van der Waals surface area contributed by atoms with Gasteiger partial charge in [0.2, 0.25) is 5.91 Å². The number of likely N-dealkylation sites (N-methyl/N-ethyl adjacent to an activating group) is 1. The van der Waals surface area contributed by atoms with Gasteiger partial charge in [0.05, 0.1) is 0 Å². The van der Waals surface area contributed by atoms with Gasteiger partial charge in [-0.15, -0.1) is 11.3 Å². The quantitative estimate of drug-likeness (QED) is 0.869. The van der Waals surface area contributed by atoms with Crippen molar-refractivity contribution in [2.75, 3.05) is 7.05 Å². The highest BCUT2D eigenvalue weighted by Gasteiger charge is 2.22. The van der Waals surface area contributed by atoms with E-state index in [2.05, 4.69) is 26.6 Å². The first-order chi connectivity index (χ1) is 8.45. The van der Waals surface area contributed by atoms with Gasteiger partial charge in [0.15, 0.2) is 0 Å². The van der Waals surface area contributed by atoms with Gasteiger partial charge in [0.25, 0.3) is 5.91 Å². The van der Waals surface area contributed by atoms with E-state index < -0.39 is 6.04 Å². The third-order valence-electron chi connectivity index (χ3n) is 2.40. The molecule has 1 heterocycles. The third-order valence-corrected chi connectivity index (χ3v) is 4.24. The van der Waals surface area contributed by atoms with E-state index in [0.29, 0.717) is 17.2 Å². The highest BCUT2D eigenvalue weighted by atomic mass is 79.9. The van der Waals surface area contributed by atoms with Crippen LogP contribution < -0.4 is 10.6 Å². The molecule has 0 aliphatic heterocycles. The standard InChI is InChI=1S/C12H17BrN2O2S/c1-7(2)6-9(11(16)14-3)15-12(17)10-8(13)4-5-18-10/h4-5,7,9H,6H2,1-3H3,(H,14,16)(H,15,17). The van der Waals surface area contributed by atoms with Crippen LogP contribution in [0.25, 0.3) is 0 Å². The first-order valence-corrected chi connectivity index (χ1v) is 7.38. The Hall–Kier alpha value is -0.880. The molecule has 1 atom stereocenters. The molecule has 0 saturated carbocycles. The topological polar surface area (TPSA) is 58.2 Å². The van der Waals surface area contributed by atoms with Gasteiger partial charge in [-0.25, -0.2) is 0 Å². The van der Waals surface area contributed by atoms with Gasteiger partial charge in [0, 0.05) is 11.5 Å². The van der Waals surface area contributed by atoms with Gasteiger partial charge in [0.1, 0.15) is 10.9 Å². The lowest BCUT2D eigenvalue weighted by molar-refractivity contribution is -0.122. The molecule has 0 aliphatic carbocycles. The monoisotopic (exact) mass is 332 g/mol. The Morgan fingerprint density at radius 3 is 2.56 bits per heavy atom. The van der Waals surface area contributed by atoms with E-state index in [4.69, 9.17) is 0 Å². The smallest absolute Gasteiger partial charge is 0.263 e. The highest BCUT2D eigenvalue weighted by molar-refractivity contribution is 9.10. The van der Waals surface area contributed by atoms with Gasteiger partial charge in [-0.1, -0.05) is 13.8 Å². The maximum Gasteiger partial charge on any atom is 0.263 e. The summed E-state index contributed by atoms with van der Waals surface area (Å²) in [7, 11) is 1.57. The summed E-state index contributed by atoms with van der Waals surface area (Å²) in [5.41, 5.74) is 0. The Labute approximate surface area is 119 Å². The molecular formula is C12H17BrN2O2S. The summed E-state index contributed by atoms with van der Waals surface area (Å²) in [6.45, 7) is 4.03. The van der Waals surface area contributed by atoms with Crippen molar-refractivity contribution in [3.63, 3.8) is 0 Å². The van der Waals surface area contributed by atoms with E-state index in [1.807, 2.05) is 25.3 Å². The number of carbonyl (C=O) groups excluding carboxylic acids is 2. The molecule has 1 rings (SSSR count). The lowest BCUT2D eigenvalue weighted by Gasteiger charge is -2.18. The fourth-order valence-electron chi connectivity index (χ4n) is 1.56. The molecule has 4 nitrogen and oxygen atoms in total. The van der Waals surface area contributed by atoms with Crippen molar-refractivity contribution in [2.45, 2.75) is 26.3 Å². The first-order valence-electron chi connectivity index (χ1n) is 5.71. The molecule has 0 aromatic carbocycles. The summed E-state index contributed by atoms with van der Waals surface area (Å²) in [4.78, 5) is 24.3. The molecule has 1 aromatic rings. The summed E-state index contributed by atoms with van der Waals surface area (Å²) in [6.07, 6.45) is 0.619. The van der Waals surface area contributed by atoms with Crippen LogP contribution in [0.5, 0.6) is 0 Å². The number of hydrogen-bond acceptors (Lipinski definition) is 3. The average Bonchev–Trinajstić information content (AvgIpc) is 2.73. The van der Waals surface area contributed by atoms with Crippen molar-refractivity contribution >= 4 is 39.1 Å². The number of halogens is 1. The van der Waals surface area contributed by atoms with Crippen LogP contribution in [0.3, 0.4) is 0 Å². The fourth-order valence-corrected chi connectivity index (χ4v) is 3.01. The molecule has 2 N–H and O–H groups in total. The molecule has 1 unspecified atom stereocenters. The summed E-state index contributed by atoms with van der Waals surface area (Å²) in [5.74, 6) is -0.0461. The predicted molar refractivity (Wildman–Crippen MR) is 76.8 cm³/mol. The molecule has 0 fully saturated rings. The minimum absolute atomic E-state index is 0.162. The van der Waals surface area contributed by atoms with Crippen molar-refractivity contribution in [2.24, 2.45) is 5.92 Å². The molecular weight excluding hydrogens is 316 g/mol. The summed E-state index contributed by atoms with van der Waals surface area (Å²) in [6, 6.07) is 1.33. The minimum Gasteiger partial charge on any atom is -0.357 e. The van der Waals surface area contributed by atoms with Gasteiger partial charge in [-0.05, 0) is 39.7 Å². The maximum atomic E-state index is 12.0. The van der Waals surface area contributed by atoms with Crippen LogP contribution in [0.2, 0.25) is 0 Å². The zero-order valence-corrected chi connectivity index (χ0v) is 13.0. The second kappa shape index (κ2) is 6.89. The van der Waals surface area contributed by atoms with E-state index in [1.54, 1.807) is 7.05 Å². The molecule has 2 amide bonds. The van der Waals surface area contributed by atoms with Crippen molar-refractivity contribution in [3.05, 3.63) is 20.8 Å². The normalized spacial score (nSPS) is 12.3. The molecule has 6 heteroatoms. The highest BCUT2D eigenvalue weighted by Crippen LogP contribution is 2.22. The first kappa shape index (κ1) is 15.2. The van der Waals surface area contributed by atoms with Crippen LogP contribution in [-0.2, 0) is 4.79 Å². The van der Waals surface area contributed by atoms with E-state index in [0.717, 1.165) is 4.47 Å². The maximum absolute atomic E-state index is 12.0. The number of amides is 2. The zero-order chi connectivity index (χ0) is 13.7. The minimum atomic E-state index is -0.489. The Morgan fingerprint density at radius 1 is 1.44 bits per heavy atom. The Balaban J connectivity index is 2.74. The second-order valence-corrected chi connectivity index (χ2v) is 6.14. The predicted octanol–water partition coefficient (Wildman–Crippen LogP) is 2.40. The van der Waals surface area contributed by atoms with E-state index >= 15 is 0 Å². The van der Waals surface area contributed by atoms with Crippen molar-refractivity contribution < 1.29 is 9.59 Å². The van der Waals surface area contributed by atoms with Crippen LogP contribution in [0.1, 0.15) is 29.9 Å². The number of thiophene rings is 1. The van der Waals surface area contributed by atoms with Gasteiger partial charge >= 0.3 is 0 Å². The summed E-state index contributed by atoms with van der Waals surface area (Å²) >= 11 is 4.66. The number of rotatable bonds is 5. The lowest BCUT2D eigenvalue weighted by Crippen LogP contribution is -2.46. The Morgan fingerprint density at radius 2 is 2.11 bits per heavy atom. The van der Waals surface area contributed by atoms with Gasteiger partial charge in [-0.3, -0.25) is 9.59 Å². The van der Waals surface area contributed by atoms with Gasteiger partial charge in [-0.2, -0.15) is 0 Å². The molecule has 0 spiro atoms. The number of hydrogen-bond donors (Lipinski definition) is 2. The van der Waals surface area contributed by atoms with Crippen LogP contribution >= 0.6 is 27.3 Å². The van der Waals surface area contributed by atoms with Crippen molar-refractivity contribution in [1.29, 1.82) is 0 Å². The Bertz CT molecular complexity index is 431. The molecule has 18 heavy (non-hydrogen) atoms. The zero-order valence-electron chi connectivity index (χ0n) is 10.6. The molecule has 0 radical (unpaired) electrons. The van der Waals surface area contributed by atoms with E-state index in [9.17, 15) is 9.59 Å². The molecule has 0 aliphatic rings. The molecule has 0 saturated heterocycles. The van der Waals surface area contributed by atoms with E-state index in [-0.39, 0.29) is 11.8 Å². The van der Waals surface area contributed by atoms with Crippen molar-refractivity contribution in [1.82, 2.24) is 10.6 Å². The second-order valence-electron chi connectivity index (χ2n) is 4.37. The SMILES string of the molecule is CNC(=O)C(CC(C)C)NC(=O)c1sccc1Br. The molecule has 100 valence electrons. The number of carbonyl (C=O) groups is 2. The average molecular weight is 333 g/mol. The largest absolute Gasteiger partial charge is 0.357 e. The summed E-state index contributed by atoms with van der Waals surface area (Å²) < 4.78 is 0.755. The van der Waals surface area contributed by atoms with Crippen LogP contribution in [0.4, 0.5) is 0 Å². The van der Waals surface area contributed by atoms with Crippen LogP contribution in [0, 0.1) is 5.92 Å². The van der Waals surface area contributed by atoms with Crippen LogP contribution in [-0.4, -0.2) is 24.9 Å². The summed E-state index contributed by atoms with van der Waals surface area (Å²) in [5, 5.41) is 7.18. The fraction of sp³-hybridized carbons (Fsp3) is 0.500. The van der Waals surface area contributed by atoms with Crippen LogP contribution in [0.15, 0.2) is 15.9 Å². The Kier molecular flexibility index (Phi) is 5.81. The number of nitrogens with one attached hydrogen (secondary N) is 2. The molecule has 0 bridgehead atoms. The molecule has 1 aromatic heterocycles. The third kappa shape index (κ3) is 4.10. The van der Waals surface area contributed by atoms with Gasteiger partial charge < -0.3 is 10.6 Å². The van der Waals surface area contributed by atoms with Crippen molar-refractivity contribution in [3.8, 4) is 0 Å².